The van der Waals surface area contributed by atoms with Gasteiger partial charge in [-0.2, -0.15) is 5.10 Å². The second kappa shape index (κ2) is 13.6. The minimum absolute atomic E-state index is 0.0927. The van der Waals surface area contributed by atoms with E-state index in [0.717, 1.165) is 17.3 Å². The molecule has 3 heterocycles. The first-order chi connectivity index (χ1) is 21.7. The van der Waals surface area contributed by atoms with Crippen molar-refractivity contribution in [2.75, 3.05) is 13.1 Å². The smallest absolute Gasteiger partial charge is 0.347 e. The molecule has 0 aliphatic carbocycles. The zero-order valence-corrected chi connectivity index (χ0v) is 25.0. The van der Waals surface area contributed by atoms with Crippen molar-refractivity contribution in [3.8, 4) is 0 Å². The van der Waals surface area contributed by atoms with Crippen molar-refractivity contribution in [3.63, 3.8) is 0 Å². The van der Waals surface area contributed by atoms with Crippen molar-refractivity contribution in [2.24, 2.45) is 5.10 Å². The molecule has 0 saturated carbocycles. The zero-order chi connectivity index (χ0) is 32.0. The van der Waals surface area contributed by atoms with Gasteiger partial charge in [-0.15, -0.1) is 0 Å². The van der Waals surface area contributed by atoms with Crippen LogP contribution in [0.5, 0.6) is 0 Å². The third kappa shape index (κ3) is 6.65. The zero-order valence-electron chi connectivity index (χ0n) is 24.2. The van der Waals surface area contributed by atoms with Gasteiger partial charge in [0.2, 0.25) is 16.7 Å². The van der Waals surface area contributed by atoms with E-state index in [1.54, 1.807) is 0 Å². The number of non-ortho nitro benzene ring substituents is 1. The Balaban J connectivity index is 0.000000598. The summed E-state index contributed by atoms with van der Waals surface area (Å²) in [6.07, 6.45) is 0.526. The minimum atomic E-state index is -1.77. The third-order valence-corrected chi connectivity index (χ3v) is 8.90. The van der Waals surface area contributed by atoms with Crippen LogP contribution in [-0.4, -0.2) is 79.3 Å². The van der Waals surface area contributed by atoms with Gasteiger partial charge in [0.1, 0.15) is 12.8 Å². The number of nitro groups is 1. The van der Waals surface area contributed by atoms with E-state index < -0.39 is 39.2 Å². The number of hydrogen-bond acceptors (Lipinski definition) is 9. The second-order valence-electron chi connectivity index (χ2n) is 10.2. The van der Waals surface area contributed by atoms with E-state index in [-0.39, 0.29) is 37.7 Å². The van der Waals surface area contributed by atoms with Crippen LogP contribution >= 0.6 is 11.8 Å². The molecule has 13 nitrogen and oxygen atoms in total. The summed E-state index contributed by atoms with van der Waals surface area (Å²) in [7, 11) is 0. The Morgan fingerprint density at radius 3 is 2.22 bits per heavy atom. The van der Waals surface area contributed by atoms with Gasteiger partial charge in [0, 0.05) is 25.6 Å². The number of urea groups is 1. The van der Waals surface area contributed by atoms with Gasteiger partial charge >= 0.3 is 12.0 Å². The summed E-state index contributed by atoms with van der Waals surface area (Å²) < 4.78 is 5.64. The highest BCUT2D eigenvalue weighted by atomic mass is 32.2. The number of carbonyl (C=O) groups excluding carboxylic acids is 4. The van der Waals surface area contributed by atoms with Crippen LogP contribution in [0.2, 0.25) is 0 Å². The molecule has 1 N–H and O–H groups in total. The fraction of sp³-hybridized carbons (Fsp3) is 0.258. The van der Waals surface area contributed by atoms with Crippen molar-refractivity contribution in [2.45, 2.75) is 36.4 Å². The summed E-state index contributed by atoms with van der Waals surface area (Å²) in [5.74, 6) is -1.57. The van der Waals surface area contributed by atoms with Crippen molar-refractivity contribution in [3.05, 3.63) is 112 Å². The predicted molar refractivity (Wildman–Crippen MR) is 165 cm³/mol. The first-order valence-corrected chi connectivity index (χ1v) is 14.9. The van der Waals surface area contributed by atoms with Gasteiger partial charge in [0.15, 0.2) is 0 Å². The summed E-state index contributed by atoms with van der Waals surface area (Å²) >= 11 is 1.08. The number of fused-ring (bicyclic) bond motifs is 1. The van der Waals surface area contributed by atoms with Crippen LogP contribution in [0, 0.1) is 10.1 Å². The van der Waals surface area contributed by atoms with E-state index in [1.165, 1.54) is 52.2 Å². The maximum Gasteiger partial charge on any atom is 0.347 e. The molecule has 3 aromatic rings. The number of hydrogen-bond donors (Lipinski definition) is 1. The van der Waals surface area contributed by atoms with Crippen molar-refractivity contribution in [1.29, 1.82) is 0 Å². The maximum atomic E-state index is 13.9. The second-order valence-corrected chi connectivity index (χ2v) is 11.6. The van der Waals surface area contributed by atoms with Crippen molar-refractivity contribution in [1.82, 2.24) is 20.1 Å². The van der Waals surface area contributed by atoms with Crippen LogP contribution in [0.15, 0.2) is 96.1 Å². The normalized spacial score (nSPS) is 21.9. The lowest BCUT2D eigenvalue weighted by Crippen LogP contribution is -2.68. The molecule has 4 amide bonds. The van der Waals surface area contributed by atoms with Crippen molar-refractivity contribution >= 4 is 47.5 Å². The summed E-state index contributed by atoms with van der Waals surface area (Å²) in [5.41, 5.74) is 1.16. The molecule has 0 bridgehead atoms. The maximum absolute atomic E-state index is 13.9. The van der Waals surface area contributed by atoms with Gasteiger partial charge in [0.05, 0.1) is 29.5 Å². The number of carbonyl (C=O) groups is 4. The SMILES string of the molecule is CC(=O)NC1N2C(=O)C[C@H]2S[C@]1(C(=O)OCc1ccc([N+](=O)[O-])cc1)N1CCN(N=Cc2ccccc2)C1=O.c1ccccc1. The molecule has 0 spiro atoms. The van der Waals surface area contributed by atoms with Crippen LogP contribution in [0.3, 0.4) is 0 Å². The van der Waals surface area contributed by atoms with Crippen LogP contribution in [0.25, 0.3) is 0 Å². The number of esters is 1. The Labute approximate surface area is 263 Å². The van der Waals surface area contributed by atoms with Gasteiger partial charge in [-0.1, -0.05) is 78.5 Å². The van der Waals surface area contributed by atoms with Crippen LogP contribution < -0.4 is 5.32 Å². The molecule has 3 fully saturated rings. The number of nitro benzene ring substituents is 1. The molecule has 0 aromatic heterocycles. The summed E-state index contributed by atoms with van der Waals surface area (Å²) in [5, 5.41) is 18.7. The number of β-lactam (4-membered cyclic amide) rings is 1. The average Bonchev–Trinajstić information content (AvgIpc) is 3.54. The number of rotatable bonds is 8. The molecular formula is C31H30N6O7S. The largest absolute Gasteiger partial charge is 0.458 e. The van der Waals surface area contributed by atoms with Crippen LogP contribution in [0.1, 0.15) is 24.5 Å². The number of nitrogens with zero attached hydrogens (tertiary/aromatic N) is 5. The molecule has 3 saturated heterocycles. The van der Waals surface area contributed by atoms with Crippen LogP contribution in [-0.2, 0) is 25.7 Å². The lowest BCUT2D eigenvalue weighted by atomic mass is 10.1. The molecule has 14 heteroatoms. The third-order valence-electron chi connectivity index (χ3n) is 7.26. The van der Waals surface area contributed by atoms with E-state index >= 15 is 0 Å². The van der Waals surface area contributed by atoms with E-state index in [9.17, 15) is 29.3 Å². The molecular weight excluding hydrogens is 600 g/mol. The topological polar surface area (TPSA) is 155 Å². The van der Waals surface area contributed by atoms with Crippen LogP contribution in [0.4, 0.5) is 10.5 Å². The Morgan fingerprint density at radius 2 is 1.64 bits per heavy atom. The number of ether oxygens (including phenoxy) is 1. The number of amides is 4. The first kappa shape index (κ1) is 31.2. The van der Waals surface area contributed by atoms with Gasteiger partial charge in [-0.05, 0) is 23.3 Å². The molecule has 3 aromatic carbocycles. The fourth-order valence-corrected chi connectivity index (χ4v) is 6.83. The van der Waals surface area contributed by atoms with Gasteiger partial charge < -0.3 is 15.0 Å². The summed E-state index contributed by atoms with van der Waals surface area (Å²) in [6.45, 7) is 1.29. The molecule has 3 aliphatic rings. The molecule has 3 atom stereocenters. The molecule has 45 heavy (non-hydrogen) atoms. The quantitative estimate of drug-likeness (QED) is 0.130. The average molecular weight is 631 g/mol. The highest BCUT2D eigenvalue weighted by molar-refractivity contribution is 8.02. The molecule has 1 unspecified atom stereocenters. The first-order valence-electron chi connectivity index (χ1n) is 14.1. The van der Waals surface area contributed by atoms with Gasteiger partial charge in [-0.3, -0.25) is 24.6 Å². The molecule has 232 valence electrons. The molecule has 0 radical (unpaired) electrons. The number of hydrazone groups is 1. The van der Waals surface area contributed by atoms with Gasteiger partial charge in [-0.25, -0.2) is 14.6 Å². The van der Waals surface area contributed by atoms with E-state index in [0.29, 0.717) is 5.56 Å². The number of nitrogens with one attached hydrogen (secondary N) is 1. The molecule has 6 rings (SSSR count). The number of thioether (sulfide) groups is 1. The predicted octanol–water partition coefficient (Wildman–Crippen LogP) is 3.56. The highest BCUT2D eigenvalue weighted by Crippen LogP contribution is 2.53. The highest BCUT2D eigenvalue weighted by Gasteiger charge is 2.69. The summed E-state index contributed by atoms with van der Waals surface area (Å²) in [6, 6.07) is 26.1. The van der Waals surface area contributed by atoms with E-state index in [4.69, 9.17) is 4.74 Å². The monoisotopic (exact) mass is 630 g/mol. The minimum Gasteiger partial charge on any atom is -0.458 e. The van der Waals surface area contributed by atoms with Crippen molar-refractivity contribution < 1.29 is 28.8 Å². The Hall–Kier alpha value is -5.24. The lowest BCUT2D eigenvalue weighted by Gasteiger charge is -2.41. The Morgan fingerprint density at radius 1 is 1.02 bits per heavy atom. The Kier molecular flexibility index (Phi) is 9.42. The van der Waals surface area contributed by atoms with E-state index in [2.05, 4.69) is 10.4 Å². The number of benzene rings is 3. The van der Waals surface area contributed by atoms with Gasteiger partial charge in [0.25, 0.3) is 5.69 Å². The molecule has 3 aliphatic heterocycles. The standard InChI is InChI=1S/C25H24N6O7S.C6H6/c1-16(32)27-22-25(39-21-13-20(33)30(21)22,23(34)38-15-18-7-9-19(10-8-18)31(36)37)28-11-12-29(24(28)35)26-14-17-5-3-2-4-6-17;1-2-4-6-5-3-1/h2-10,14,21-22H,11-13,15H2,1H3,(H,27,32);1-6H/t21-,22?,25-;/m1./s1. The lowest BCUT2D eigenvalue weighted by molar-refractivity contribution is -0.384. The Bertz CT molecular complexity index is 1560. The fourth-order valence-electron chi connectivity index (χ4n) is 5.08. The van der Waals surface area contributed by atoms with E-state index in [1.807, 2.05) is 66.7 Å². The summed E-state index contributed by atoms with van der Waals surface area (Å²) in [4.78, 5) is 63.5.